The number of carbonyl (C=O) groups is 1. The minimum atomic E-state index is 0.267. The molecule has 154 valence electrons. The smallest absolute Gasteiger partial charge is 0.223 e. The van der Waals surface area contributed by atoms with E-state index in [9.17, 15) is 4.79 Å². The molecule has 0 aromatic heterocycles. The largest absolute Gasteiger partial charge is 0.497 e. The highest BCUT2D eigenvalue weighted by atomic mass is 16.5. The predicted molar refractivity (Wildman–Crippen MR) is 118 cm³/mol. The minimum absolute atomic E-state index is 0.267. The number of nitrogens with zero attached hydrogens (tertiary/aromatic N) is 3. The van der Waals surface area contributed by atoms with E-state index in [0.717, 1.165) is 38.3 Å². The molecule has 2 saturated heterocycles. The standard InChI is InChI=1S/C24H31N3O2/c1-29-23-11-9-22(10-12-23)26-16-18-27(19-17-26)24(28)13-6-20-4-7-21(8-5-20)25-14-2-3-15-25/h4-5,7-12H,2-3,6,13-19H2,1H3. The van der Waals surface area contributed by atoms with E-state index >= 15 is 0 Å². The normalized spacial score (nSPS) is 16.9. The van der Waals surface area contributed by atoms with Gasteiger partial charge < -0.3 is 19.4 Å². The number of rotatable bonds is 6. The van der Waals surface area contributed by atoms with Gasteiger partial charge in [0.05, 0.1) is 7.11 Å². The highest BCUT2D eigenvalue weighted by Crippen LogP contribution is 2.22. The van der Waals surface area contributed by atoms with Crippen molar-refractivity contribution in [3.63, 3.8) is 0 Å². The van der Waals surface area contributed by atoms with Gasteiger partial charge in [0.15, 0.2) is 0 Å². The van der Waals surface area contributed by atoms with Crippen LogP contribution in [0, 0.1) is 0 Å². The fourth-order valence-corrected chi connectivity index (χ4v) is 4.27. The SMILES string of the molecule is COc1ccc(N2CCN(C(=O)CCc3ccc(N4CCCC4)cc3)CC2)cc1. The van der Waals surface area contributed by atoms with Gasteiger partial charge in [0.2, 0.25) is 5.91 Å². The maximum atomic E-state index is 12.7. The van der Waals surface area contributed by atoms with Gasteiger partial charge in [0, 0.05) is 57.1 Å². The first-order valence-electron chi connectivity index (χ1n) is 10.7. The van der Waals surface area contributed by atoms with Crippen LogP contribution in [-0.2, 0) is 11.2 Å². The van der Waals surface area contributed by atoms with E-state index in [2.05, 4.69) is 46.2 Å². The Morgan fingerprint density at radius 2 is 1.34 bits per heavy atom. The zero-order chi connectivity index (χ0) is 20.1. The molecule has 2 fully saturated rings. The van der Waals surface area contributed by atoms with Gasteiger partial charge >= 0.3 is 0 Å². The second kappa shape index (κ2) is 9.21. The average Bonchev–Trinajstić information content (AvgIpc) is 3.33. The molecule has 0 unspecified atom stereocenters. The predicted octanol–water partition coefficient (Wildman–Crippen LogP) is 3.58. The molecule has 5 nitrogen and oxygen atoms in total. The Hall–Kier alpha value is -2.69. The van der Waals surface area contributed by atoms with E-state index in [1.165, 1.54) is 42.9 Å². The molecule has 2 heterocycles. The Labute approximate surface area is 173 Å². The Bertz CT molecular complexity index is 790. The summed E-state index contributed by atoms with van der Waals surface area (Å²) in [5.74, 6) is 1.14. The zero-order valence-electron chi connectivity index (χ0n) is 17.3. The van der Waals surface area contributed by atoms with Crippen LogP contribution in [0.5, 0.6) is 5.75 Å². The van der Waals surface area contributed by atoms with Gasteiger partial charge in [-0.1, -0.05) is 12.1 Å². The molecule has 0 atom stereocenters. The Kier molecular flexibility index (Phi) is 6.23. The molecule has 4 rings (SSSR count). The van der Waals surface area contributed by atoms with Crippen LogP contribution in [0.15, 0.2) is 48.5 Å². The van der Waals surface area contributed by atoms with Gasteiger partial charge in [0.1, 0.15) is 5.75 Å². The molecule has 0 N–H and O–H groups in total. The van der Waals surface area contributed by atoms with E-state index in [0.29, 0.717) is 6.42 Å². The van der Waals surface area contributed by atoms with E-state index in [1.54, 1.807) is 7.11 Å². The number of piperazine rings is 1. The molecular weight excluding hydrogens is 362 g/mol. The highest BCUT2D eigenvalue weighted by molar-refractivity contribution is 5.77. The summed E-state index contributed by atoms with van der Waals surface area (Å²) in [4.78, 5) is 19.4. The molecule has 0 spiro atoms. The van der Waals surface area contributed by atoms with Crippen molar-refractivity contribution in [2.75, 3.05) is 56.2 Å². The summed E-state index contributed by atoms with van der Waals surface area (Å²) >= 11 is 0. The molecule has 5 heteroatoms. The number of anilines is 2. The quantitative estimate of drug-likeness (QED) is 0.752. The Morgan fingerprint density at radius 1 is 0.793 bits per heavy atom. The topological polar surface area (TPSA) is 36.0 Å². The average molecular weight is 394 g/mol. The third-order valence-electron chi connectivity index (χ3n) is 6.11. The van der Waals surface area contributed by atoms with E-state index < -0.39 is 0 Å². The number of methoxy groups -OCH3 is 1. The summed E-state index contributed by atoms with van der Waals surface area (Å²) < 4.78 is 5.23. The summed E-state index contributed by atoms with van der Waals surface area (Å²) in [6.07, 6.45) is 3.99. The summed E-state index contributed by atoms with van der Waals surface area (Å²) in [6, 6.07) is 16.9. The first-order valence-corrected chi connectivity index (χ1v) is 10.7. The molecule has 0 aliphatic carbocycles. The fourth-order valence-electron chi connectivity index (χ4n) is 4.27. The van der Waals surface area contributed by atoms with Crippen molar-refractivity contribution in [3.8, 4) is 5.75 Å². The summed E-state index contributed by atoms with van der Waals surface area (Å²) in [5.41, 5.74) is 3.75. The van der Waals surface area contributed by atoms with Gasteiger partial charge in [-0.3, -0.25) is 4.79 Å². The number of hydrogen-bond acceptors (Lipinski definition) is 4. The highest BCUT2D eigenvalue weighted by Gasteiger charge is 2.21. The van der Waals surface area contributed by atoms with Gasteiger partial charge in [-0.05, 0) is 61.2 Å². The van der Waals surface area contributed by atoms with Crippen molar-refractivity contribution < 1.29 is 9.53 Å². The van der Waals surface area contributed by atoms with Crippen LogP contribution in [0.2, 0.25) is 0 Å². The van der Waals surface area contributed by atoms with E-state index in [4.69, 9.17) is 4.74 Å². The maximum absolute atomic E-state index is 12.7. The second-order valence-corrected chi connectivity index (χ2v) is 7.93. The number of carbonyl (C=O) groups excluding carboxylic acids is 1. The molecule has 2 aliphatic heterocycles. The van der Waals surface area contributed by atoms with Crippen LogP contribution in [0.3, 0.4) is 0 Å². The third-order valence-corrected chi connectivity index (χ3v) is 6.11. The summed E-state index contributed by atoms with van der Waals surface area (Å²) in [7, 11) is 1.68. The van der Waals surface area contributed by atoms with Crippen molar-refractivity contribution in [1.29, 1.82) is 0 Å². The lowest BCUT2D eigenvalue weighted by atomic mass is 10.1. The monoisotopic (exact) mass is 393 g/mol. The van der Waals surface area contributed by atoms with Crippen molar-refractivity contribution >= 4 is 17.3 Å². The number of ether oxygens (including phenoxy) is 1. The molecule has 2 aliphatic rings. The molecule has 0 saturated carbocycles. The van der Waals surface area contributed by atoms with Gasteiger partial charge in [-0.2, -0.15) is 0 Å². The first-order chi connectivity index (χ1) is 14.2. The van der Waals surface area contributed by atoms with Crippen molar-refractivity contribution in [2.45, 2.75) is 25.7 Å². The Balaban J connectivity index is 1.23. The van der Waals surface area contributed by atoms with Crippen molar-refractivity contribution in [3.05, 3.63) is 54.1 Å². The molecule has 0 bridgehead atoms. The maximum Gasteiger partial charge on any atom is 0.223 e. The lowest BCUT2D eigenvalue weighted by Gasteiger charge is -2.36. The molecular formula is C24H31N3O2. The lowest BCUT2D eigenvalue weighted by Crippen LogP contribution is -2.48. The number of benzene rings is 2. The van der Waals surface area contributed by atoms with E-state index in [1.807, 2.05) is 17.0 Å². The molecule has 0 radical (unpaired) electrons. The van der Waals surface area contributed by atoms with Crippen LogP contribution < -0.4 is 14.5 Å². The summed E-state index contributed by atoms with van der Waals surface area (Å²) in [6.45, 7) is 5.67. The lowest BCUT2D eigenvalue weighted by molar-refractivity contribution is -0.131. The van der Waals surface area contributed by atoms with Gasteiger partial charge in [0.25, 0.3) is 0 Å². The van der Waals surface area contributed by atoms with Gasteiger partial charge in [-0.15, -0.1) is 0 Å². The minimum Gasteiger partial charge on any atom is -0.497 e. The fraction of sp³-hybridized carbons (Fsp3) is 0.458. The van der Waals surface area contributed by atoms with Gasteiger partial charge in [-0.25, -0.2) is 0 Å². The number of amides is 1. The summed E-state index contributed by atoms with van der Waals surface area (Å²) in [5, 5.41) is 0. The van der Waals surface area contributed by atoms with E-state index in [-0.39, 0.29) is 5.91 Å². The van der Waals surface area contributed by atoms with Crippen LogP contribution >= 0.6 is 0 Å². The third kappa shape index (κ3) is 4.84. The van der Waals surface area contributed by atoms with Crippen LogP contribution in [0.1, 0.15) is 24.8 Å². The zero-order valence-corrected chi connectivity index (χ0v) is 17.3. The molecule has 1 amide bonds. The number of hydrogen-bond donors (Lipinski definition) is 0. The molecule has 2 aromatic rings. The Morgan fingerprint density at radius 3 is 1.93 bits per heavy atom. The van der Waals surface area contributed by atoms with Crippen LogP contribution in [0.4, 0.5) is 11.4 Å². The van der Waals surface area contributed by atoms with Crippen LogP contribution in [-0.4, -0.2) is 57.2 Å². The molecule has 2 aromatic carbocycles. The van der Waals surface area contributed by atoms with Crippen molar-refractivity contribution in [1.82, 2.24) is 4.90 Å². The second-order valence-electron chi connectivity index (χ2n) is 7.93. The molecule has 29 heavy (non-hydrogen) atoms. The number of aryl methyl sites for hydroxylation is 1. The first kappa shape index (κ1) is 19.6. The van der Waals surface area contributed by atoms with Crippen molar-refractivity contribution in [2.24, 2.45) is 0 Å². The van der Waals surface area contributed by atoms with Crippen LogP contribution in [0.25, 0.3) is 0 Å².